The van der Waals surface area contributed by atoms with E-state index in [4.69, 9.17) is 0 Å². The predicted molar refractivity (Wildman–Crippen MR) is 92.0 cm³/mol. The molecule has 0 radical (unpaired) electrons. The van der Waals surface area contributed by atoms with Crippen LogP contribution in [-0.4, -0.2) is 49.6 Å². The molecule has 0 amide bonds. The molecule has 18 heavy (non-hydrogen) atoms. The lowest BCUT2D eigenvalue weighted by Crippen LogP contribution is -2.45. The maximum absolute atomic E-state index is 4.65. The smallest absolute Gasteiger partial charge is 0.191 e. The van der Waals surface area contributed by atoms with Crippen molar-refractivity contribution in [3.05, 3.63) is 0 Å². The molecule has 0 saturated carbocycles. The first-order valence-electron chi connectivity index (χ1n) is 6.55. The Balaban J connectivity index is 0. The molecular formula is C13H31IN4. The molecule has 0 saturated heterocycles. The number of likely N-dealkylation sites (N-methyl/N-ethyl adjacent to an activating group) is 1. The van der Waals surface area contributed by atoms with E-state index in [-0.39, 0.29) is 29.5 Å². The van der Waals surface area contributed by atoms with Crippen molar-refractivity contribution in [1.29, 1.82) is 0 Å². The maximum Gasteiger partial charge on any atom is 0.191 e. The lowest BCUT2D eigenvalue weighted by atomic mass is 10.1. The average molecular weight is 370 g/mol. The van der Waals surface area contributed by atoms with Gasteiger partial charge in [-0.2, -0.15) is 0 Å². The van der Waals surface area contributed by atoms with Gasteiger partial charge in [0.1, 0.15) is 0 Å². The van der Waals surface area contributed by atoms with Gasteiger partial charge in [0.05, 0.1) is 6.54 Å². The Labute approximate surface area is 130 Å². The number of rotatable bonds is 6. The van der Waals surface area contributed by atoms with Gasteiger partial charge in [0, 0.05) is 18.1 Å². The first-order valence-corrected chi connectivity index (χ1v) is 6.55. The molecule has 0 aliphatic carbocycles. The van der Waals surface area contributed by atoms with Crippen LogP contribution in [0.25, 0.3) is 0 Å². The highest BCUT2D eigenvalue weighted by Crippen LogP contribution is 2.09. The largest absolute Gasteiger partial charge is 0.357 e. The number of nitrogens with one attached hydrogen (secondary N) is 2. The number of aliphatic imine (C=N–C) groups is 1. The van der Waals surface area contributed by atoms with E-state index in [0.29, 0.717) is 6.04 Å². The molecule has 0 aliphatic heterocycles. The van der Waals surface area contributed by atoms with Gasteiger partial charge < -0.3 is 15.5 Å². The Morgan fingerprint density at radius 1 is 1.28 bits per heavy atom. The van der Waals surface area contributed by atoms with Crippen LogP contribution in [0.5, 0.6) is 0 Å². The van der Waals surface area contributed by atoms with Crippen molar-refractivity contribution in [2.75, 3.05) is 27.2 Å². The van der Waals surface area contributed by atoms with E-state index >= 15 is 0 Å². The second-order valence-electron chi connectivity index (χ2n) is 5.36. The summed E-state index contributed by atoms with van der Waals surface area (Å²) >= 11 is 0. The highest BCUT2D eigenvalue weighted by molar-refractivity contribution is 14.0. The number of nitrogens with zero attached hydrogens (tertiary/aromatic N) is 2. The number of hydrogen-bond donors (Lipinski definition) is 2. The number of halogens is 1. The zero-order valence-electron chi connectivity index (χ0n) is 13.0. The summed E-state index contributed by atoms with van der Waals surface area (Å²) in [6.45, 7) is 12.5. The summed E-state index contributed by atoms with van der Waals surface area (Å²) in [5.74, 6) is 0.914. The minimum Gasteiger partial charge on any atom is -0.357 e. The van der Waals surface area contributed by atoms with E-state index in [1.807, 2.05) is 0 Å². The quantitative estimate of drug-likeness (QED) is 0.428. The van der Waals surface area contributed by atoms with Crippen LogP contribution in [0.4, 0.5) is 0 Å². The molecule has 0 aromatic carbocycles. The molecule has 4 nitrogen and oxygen atoms in total. The Hall–Kier alpha value is -0.0400. The normalized spacial score (nSPS) is 14.1. The van der Waals surface area contributed by atoms with Crippen molar-refractivity contribution in [1.82, 2.24) is 15.5 Å². The van der Waals surface area contributed by atoms with Crippen molar-refractivity contribution in [3.8, 4) is 0 Å². The molecule has 1 atom stereocenters. The molecule has 0 aromatic heterocycles. The fourth-order valence-corrected chi connectivity index (χ4v) is 1.07. The van der Waals surface area contributed by atoms with Crippen molar-refractivity contribution < 1.29 is 0 Å². The van der Waals surface area contributed by atoms with Gasteiger partial charge in [0.15, 0.2) is 5.96 Å². The van der Waals surface area contributed by atoms with Crippen molar-refractivity contribution in [2.45, 2.75) is 52.6 Å². The lowest BCUT2D eigenvalue weighted by Gasteiger charge is -2.31. The van der Waals surface area contributed by atoms with Crippen LogP contribution in [0, 0.1) is 0 Å². The molecular weight excluding hydrogens is 339 g/mol. The molecule has 0 fully saturated rings. The van der Waals surface area contributed by atoms with E-state index in [1.165, 1.54) is 0 Å². The fourth-order valence-electron chi connectivity index (χ4n) is 1.07. The van der Waals surface area contributed by atoms with E-state index in [2.05, 4.69) is 69.2 Å². The molecule has 0 rings (SSSR count). The molecule has 0 heterocycles. The van der Waals surface area contributed by atoms with Gasteiger partial charge >= 0.3 is 0 Å². The van der Waals surface area contributed by atoms with Gasteiger partial charge in [0.25, 0.3) is 0 Å². The van der Waals surface area contributed by atoms with E-state index in [9.17, 15) is 0 Å². The molecule has 0 spiro atoms. The highest BCUT2D eigenvalue weighted by atomic mass is 127. The number of hydrogen-bond acceptors (Lipinski definition) is 2. The van der Waals surface area contributed by atoms with Crippen LogP contribution < -0.4 is 10.6 Å². The summed E-state index contributed by atoms with van der Waals surface area (Å²) < 4.78 is 0. The number of guanidine groups is 1. The van der Waals surface area contributed by atoms with E-state index in [1.54, 1.807) is 0 Å². The molecule has 0 aromatic rings. The van der Waals surface area contributed by atoms with Crippen LogP contribution in [0.3, 0.4) is 0 Å². The Kier molecular flexibility index (Phi) is 11.1. The molecule has 5 heteroatoms. The predicted octanol–water partition coefficient (Wildman–Crippen LogP) is 2.30. The molecule has 0 bridgehead atoms. The van der Waals surface area contributed by atoms with Crippen LogP contribution in [0.1, 0.15) is 41.0 Å². The molecule has 2 N–H and O–H groups in total. The molecule has 0 aliphatic rings. The zero-order chi connectivity index (χ0) is 13.5. The summed E-state index contributed by atoms with van der Waals surface area (Å²) in [7, 11) is 4.18. The summed E-state index contributed by atoms with van der Waals surface area (Å²) in [6.07, 6.45) is 1.10. The monoisotopic (exact) mass is 370 g/mol. The second kappa shape index (κ2) is 9.83. The van der Waals surface area contributed by atoms with Crippen molar-refractivity contribution >= 4 is 29.9 Å². The first kappa shape index (κ1) is 20.3. The van der Waals surface area contributed by atoms with Crippen LogP contribution in [-0.2, 0) is 0 Å². The topological polar surface area (TPSA) is 39.7 Å². The Morgan fingerprint density at radius 3 is 2.22 bits per heavy atom. The SMILES string of the molecule is CCNC(=NCC(C)(C)N(C)C)NC(C)CC.I. The van der Waals surface area contributed by atoms with Crippen molar-refractivity contribution in [3.63, 3.8) is 0 Å². The van der Waals surface area contributed by atoms with Gasteiger partial charge in [-0.05, 0) is 48.2 Å². The third kappa shape index (κ3) is 8.13. The summed E-state index contributed by atoms with van der Waals surface area (Å²) in [5, 5.41) is 6.68. The summed E-state index contributed by atoms with van der Waals surface area (Å²) in [6, 6.07) is 0.454. The zero-order valence-corrected chi connectivity index (χ0v) is 15.3. The molecule has 110 valence electrons. The van der Waals surface area contributed by atoms with Gasteiger partial charge in [-0.3, -0.25) is 4.99 Å². The minimum absolute atomic E-state index is 0. The van der Waals surface area contributed by atoms with Gasteiger partial charge in [-0.1, -0.05) is 6.92 Å². The van der Waals surface area contributed by atoms with E-state index < -0.39 is 0 Å². The molecule has 1 unspecified atom stereocenters. The van der Waals surface area contributed by atoms with Crippen LogP contribution in [0.2, 0.25) is 0 Å². The minimum atomic E-state index is 0. The lowest BCUT2D eigenvalue weighted by molar-refractivity contribution is 0.204. The van der Waals surface area contributed by atoms with Crippen LogP contribution in [0.15, 0.2) is 4.99 Å². The Morgan fingerprint density at radius 2 is 1.83 bits per heavy atom. The highest BCUT2D eigenvalue weighted by Gasteiger charge is 2.20. The second-order valence-corrected chi connectivity index (χ2v) is 5.36. The maximum atomic E-state index is 4.65. The standard InChI is InChI=1S/C13H30N4.HI/c1-8-11(3)16-12(14-9-2)15-10-13(4,5)17(6)7;/h11H,8-10H2,1-7H3,(H2,14,15,16);1H. The van der Waals surface area contributed by atoms with Gasteiger partial charge in [-0.15, -0.1) is 24.0 Å². The third-order valence-electron chi connectivity index (χ3n) is 3.17. The Bertz CT molecular complexity index is 239. The van der Waals surface area contributed by atoms with Crippen molar-refractivity contribution in [2.24, 2.45) is 4.99 Å². The van der Waals surface area contributed by atoms with Crippen LogP contribution >= 0.6 is 24.0 Å². The first-order chi connectivity index (χ1) is 7.83. The summed E-state index contributed by atoms with van der Waals surface area (Å²) in [5.41, 5.74) is 0.0812. The van der Waals surface area contributed by atoms with Gasteiger partial charge in [0.2, 0.25) is 0 Å². The van der Waals surface area contributed by atoms with Gasteiger partial charge in [-0.25, -0.2) is 0 Å². The van der Waals surface area contributed by atoms with E-state index in [0.717, 1.165) is 25.5 Å². The fraction of sp³-hybridized carbons (Fsp3) is 0.923. The average Bonchev–Trinajstić information content (AvgIpc) is 2.26. The third-order valence-corrected chi connectivity index (χ3v) is 3.17. The summed E-state index contributed by atoms with van der Waals surface area (Å²) in [4.78, 5) is 6.84.